The molecule has 0 spiro atoms. The van der Waals surface area contributed by atoms with Gasteiger partial charge in [-0.25, -0.2) is 0 Å². The zero-order valence-corrected chi connectivity index (χ0v) is 8.38. The van der Waals surface area contributed by atoms with Crippen LogP contribution in [0.3, 0.4) is 0 Å². The number of rotatable bonds is 0. The number of fused-ring (bicyclic) bond motifs is 2. The van der Waals surface area contributed by atoms with E-state index in [1.807, 2.05) is 0 Å². The molecule has 2 aliphatic carbocycles. The van der Waals surface area contributed by atoms with Gasteiger partial charge in [0.25, 0.3) is 0 Å². The van der Waals surface area contributed by atoms with Crippen LogP contribution in [0.1, 0.15) is 40.0 Å². The van der Waals surface area contributed by atoms with Gasteiger partial charge in [-0.05, 0) is 42.4 Å². The Hall–Kier alpha value is -0.0400. The smallest absolute Gasteiger partial charge is 0.0571 e. The Balaban J connectivity index is 2.26. The monoisotopic (exact) mass is 168 g/mol. The van der Waals surface area contributed by atoms with Crippen LogP contribution < -0.4 is 0 Å². The highest BCUT2D eigenvalue weighted by molar-refractivity contribution is 5.00. The van der Waals surface area contributed by atoms with Gasteiger partial charge in [-0.3, -0.25) is 0 Å². The Kier molecular flexibility index (Phi) is 1.76. The summed E-state index contributed by atoms with van der Waals surface area (Å²) >= 11 is 0. The Morgan fingerprint density at radius 3 is 2.58 bits per heavy atom. The predicted molar refractivity (Wildman–Crippen MR) is 49.8 cm³/mol. The zero-order chi connectivity index (χ0) is 8.93. The fraction of sp³-hybridized carbons (Fsp3) is 1.00. The molecule has 0 aliphatic heterocycles. The summed E-state index contributed by atoms with van der Waals surface area (Å²) in [4.78, 5) is 0. The van der Waals surface area contributed by atoms with E-state index in [9.17, 15) is 5.11 Å². The first-order valence-corrected chi connectivity index (χ1v) is 5.21. The van der Waals surface area contributed by atoms with Gasteiger partial charge in [0, 0.05) is 0 Å². The van der Waals surface area contributed by atoms with Crippen LogP contribution >= 0.6 is 0 Å². The standard InChI is InChI=1S/C11H20O/c1-7-9-5-4-8(6-10(7)12)11(9,2)3/h7-10,12H,4-6H2,1-3H3/t7-,8+,9-,10-/m0/s1. The average molecular weight is 168 g/mol. The largest absolute Gasteiger partial charge is 0.393 e. The first-order valence-electron chi connectivity index (χ1n) is 5.21. The average Bonchev–Trinajstić information content (AvgIpc) is 2.14. The molecule has 0 saturated heterocycles. The second-order valence-electron chi connectivity index (χ2n) is 5.36. The third-order valence-electron chi connectivity index (χ3n) is 4.60. The molecule has 1 nitrogen and oxygen atoms in total. The van der Waals surface area contributed by atoms with E-state index in [1.54, 1.807) is 0 Å². The van der Waals surface area contributed by atoms with Crippen molar-refractivity contribution in [3.8, 4) is 0 Å². The summed E-state index contributed by atoms with van der Waals surface area (Å²) in [6.07, 6.45) is 3.72. The SMILES string of the molecule is C[C@@H]1[C@@H](O)C[C@H]2CC[C@@H]1C2(C)C. The number of aliphatic hydroxyl groups is 1. The quantitative estimate of drug-likeness (QED) is 0.589. The van der Waals surface area contributed by atoms with Crippen molar-refractivity contribution in [1.82, 2.24) is 0 Å². The number of aliphatic hydroxyl groups excluding tert-OH is 1. The molecule has 0 radical (unpaired) electrons. The van der Waals surface area contributed by atoms with Gasteiger partial charge in [-0.2, -0.15) is 0 Å². The summed E-state index contributed by atoms with van der Waals surface area (Å²) in [6, 6.07) is 0. The molecule has 0 heterocycles. The van der Waals surface area contributed by atoms with Crippen LogP contribution in [0.15, 0.2) is 0 Å². The molecule has 12 heavy (non-hydrogen) atoms. The molecule has 70 valence electrons. The molecule has 4 atom stereocenters. The fourth-order valence-electron chi connectivity index (χ4n) is 3.56. The van der Waals surface area contributed by atoms with Gasteiger partial charge >= 0.3 is 0 Å². The maximum atomic E-state index is 9.79. The van der Waals surface area contributed by atoms with Crippen molar-refractivity contribution in [3.05, 3.63) is 0 Å². The van der Waals surface area contributed by atoms with Gasteiger partial charge in [0.05, 0.1) is 6.10 Å². The lowest BCUT2D eigenvalue weighted by molar-refractivity contribution is -0.0295. The molecule has 2 aliphatic rings. The molecule has 0 unspecified atom stereocenters. The van der Waals surface area contributed by atoms with Crippen LogP contribution in [-0.2, 0) is 0 Å². The van der Waals surface area contributed by atoms with E-state index >= 15 is 0 Å². The molecule has 0 aromatic carbocycles. The molecule has 2 rings (SSSR count). The minimum Gasteiger partial charge on any atom is -0.393 e. The van der Waals surface area contributed by atoms with Crippen molar-refractivity contribution in [2.75, 3.05) is 0 Å². The first-order chi connectivity index (χ1) is 5.53. The second kappa shape index (κ2) is 2.47. The first kappa shape index (κ1) is 8.55. The van der Waals surface area contributed by atoms with Crippen LogP contribution in [0.5, 0.6) is 0 Å². The van der Waals surface area contributed by atoms with Gasteiger partial charge in [0.15, 0.2) is 0 Å². The van der Waals surface area contributed by atoms with Gasteiger partial charge in [0.2, 0.25) is 0 Å². The Morgan fingerprint density at radius 1 is 1.25 bits per heavy atom. The van der Waals surface area contributed by atoms with Crippen LogP contribution in [0, 0.1) is 23.2 Å². The Morgan fingerprint density at radius 2 is 1.92 bits per heavy atom. The van der Waals surface area contributed by atoms with E-state index in [0.29, 0.717) is 11.3 Å². The third kappa shape index (κ3) is 0.953. The molecule has 2 bridgehead atoms. The number of hydrogen-bond donors (Lipinski definition) is 1. The molecule has 0 aromatic heterocycles. The minimum absolute atomic E-state index is 0.0180. The van der Waals surface area contributed by atoms with Crippen LogP contribution in [0.4, 0.5) is 0 Å². The maximum absolute atomic E-state index is 9.79. The van der Waals surface area contributed by atoms with Crippen molar-refractivity contribution in [1.29, 1.82) is 0 Å². The van der Waals surface area contributed by atoms with E-state index in [0.717, 1.165) is 18.3 Å². The van der Waals surface area contributed by atoms with Crippen LogP contribution in [0.2, 0.25) is 0 Å². The van der Waals surface area contributed by atoms with E-state index in [2.05, 4.69) is 20.8 Å². The number of hydrogen-bond acceptors (Lipinski definition) is 1. The lowest BCUT2D eigenvalue weighted by Gasteiger charge is -2.44. The Bertz CT molecular complexity index is 185. The fourth-order valence-corrected chi connectivity index (χ4v) is 3.56. The van der Waals surface area contributed by atoms with Gasteiger partial charge < -0.3 is 5.11 Å². The van der Waals surface area contributed by atoms with Gasteiger partial charge in [0.1, 0.15) is 0 Å². The maximum Gasteiger partial charge on any atom is 0.0571 e. The molecule has 1 N–H and O–H groups in total. The van der Waals surface area contributed by atoms with Crippen molar-refractivity contribution < 1.29 is 5.11 Å². The highest BCUT2D eigenvalue weighted by Gasteiger charge is 2.51. The summed E-state index contributed by atoms with van der Waals surface area (Å²) in [5, 5.41) is 9.79. The molecule has 2 fully saturated rings. The molecule has 1 heteroatoms. The highest BCUT2D eigenvalue weighted by atomic mass is 16.3. The molecule has 0 aromatic rings. The van der Waals surface area contributed by atoms with Crippen LogP contribution in [-0.4, -0.2) is 11.2 Å². The molecule has 2 saturated carbocycles. The van der Waals surface area contributed by atoms with Crippen molar-refractivity contribution in [2.24, 2.45) is 23.2 Å². The topological polar surface area (TPSA) is 20.2 Å². The second-order valence-corrected chi connectivity index (χ2v) is 5.36. The minimum atomic E-state index is -0.0180. The van der Waals surface area contributed by atoms with Crippen LogP contribution in [0.25, 0.3) is 0 Å². The lowest BCUT2D eigenvalue weighted by Crippen LogP contribution is -2.41. The van der Waals surface area contributed by atoms with Crippen molar-refractivity contribution >= 4 is 0 Å². The highest BCUT2D eigenvalue weighted by Crippen LogP contribution is 2.56. The Labute approximate surface area is 75.2 Å². The van der Waals surface area contributed by atoms with E-state index in [-0.39, 0.29) is 6.10 Å². The zero-order valence-electron chi connectivity index (χ0n) is 8.38. The van der Waals surface area contributed by atoms with Crippen molar-refractivity contribution in [2.45, 2.75) is 46.1 Å². The van der Waals surface area contributed by atoms with E-state index in [1.165, 1.54) is 12.8 Å². The summed E-state index contributed by atoms with van der Waals surface area (Å²) in [7, 11) is 0. The summed E-state index contributed by atoms with van der Waals surface area (Å²) < 4.78 is 0. The summed E-state index contributed by atoms with van der Waals surface area (Å²) in [5.41, 5.74) is 0.499. The predicted octanol–water partition coefficient (Wildman–Crippen LogP) is 2.44. The molecule has 0 amide bonds. The van der Waals surface area contributed by atoms with Gasteiger partial charge in [-0.1, -0.05) is 20.8 Å². The molecular formula is C11H20O. The van der Waals surface area contributed by atoms with Crippen molar-refractivity contribution in [3.63, 3.8) is 0 Å². The normalized spacial score (nSPS) is 51.0. The lowest BCUT2D eigenvalue weighted by atomic mass is 9.63. The summed E-state index contributed by atoms with van der Waals surface area (Å²) in [5.74, 6) is 2.08. The summed E-state index contributed by atoms with van der Waals surface area (Å²) in [6.45, 7) is 6.99. The van der Waals surface area contributed by atoms with E-state index < -0.39 is 0 Å². The third-order valence-corrected chi connectivity index (χ3v) is 4.60. The van der Waals surface area contributed by atoms with Gasteiger partial charge in [-0.15, -0.1) is 0 Å². The molecular weight excluding hydrogens is 148 g/mol. The van der Waals surface area contributed by atoms with E-state index in [4.69, 9.17) is 0 Å².